The lowest BCUT2D eigenvalue weighted by atomic mass is 10.0. The average Bonchev–Trinajstić information content (AvgIpc) is 2.66. The highest BCUT2D eigenvalue weighted by atomic mass is 16.1. The summed E-state index contributed by atoms with van der Waals surface area (Å²) >= 11 is 0. The van der Waals surface area contributed by atoms with E-state index < -0.39 is 0 Å². The van der Waals surface area contributed by atoms with Crippen LogP contribution in [-0.2, 0) is 6.54 Å². The van der Waals surface area contributed by atoms with Crippen molar-refractivity contribution in [3.05, 3.63) is 82.8 Å². The standard InChI is InChI=1S/C23H26N4O/c1-15(2)19-8-10-20(11-9-19)27-23(28)21-13-22(26-17(4)25-21)24-14-18-7-5-6-16(3)12-18/h5-13,15H,14H2,1-4H3,(H,27,28)(H,24,25,26). The number of rotatable bonds is 6. The Balaban J connectivity index is 1.70. The van der Waals surface area contributed by atoms with Crippen LogP contribution in [-0.4, -0.2) is 15.9 Å². The minimum absolute atomic E-state index is 0.249. The van der Waals surface area contributed by atoms with Gasteiger partial charge in [-0.15, -0.1) is 0 Å². The Kier molecular flexibility index (Phi) is 6.04. The van der Waals surface area contributed by atoms with Crippen LogP contribution in [0.3, 0.4) is 0 Å². The van der Waals surface area contributed by atoms with E-state index in [1.165, 1.54) is 11.1 Å². The quantitative estimate of drug-likeness (QED) is 0.631. The fourth-order valence-corrected chi connectivity index (χ4v) is 2.94. The summed E-state index contributed by atoms with van der Waals surface area (Å²) in [5.74, 6) is 1.39. The number of aromatic nitrogens is 2. The summed E-state index contributed by atoms with van der Waals surface area (Å²) in [6, 6.07) is 17.8. The Morgan fingerprint density at radius 3 is 2.43 bits per heavy atom. The molecule has 144 valence electrons. The maximum absolute atomic E-state index is 12.6. The van der Waals surface area contributed by atoms with Gasteiger partial charge in [-0.2, -0.15) is 0 Å². The normalized spacial score (nSPS) is 10.8. The number of benzene rings is 2. The monoisotopic (exact) mass is 374 g/mol. The molecule has 1 aromatic heterocycles. The third-order valence-electron chi connectivity index (χ3n) is 4.46. The molecule has 1 heterocycles. The summed E-state index contributed by atoms with van der Waals surface area (Å²) in [6.07, 6.45) is 0. The summed E-state index contributed by atoms with van der Waals surface area (Å²) in [5.41, 5.74) is 4.69. The topological polar surface area (TPSA) is 66.9 Å². The van der Waals surface area contributed by atoms with Gasteiger partial charge in [0.05, 0.1) is 0 Å². The molecule has 0 fully saturated rings. The van der Waals surface area contributed by atoms with E-state index in [9.17, 15) is 4.79 Å². The van der Waals surface area contributed by atoms with Crippen LogP contribution in [0.2, 0.25) is 0 Å². The van der Waals surface area contributed by atoms with Crippen LogP contribution in [0.5, 0.6) is 0 Å². The fraction of sp³-hybridized carbons (Fsp3) is 0.261. The van der Waals surface area contributed by atoms with Crippen LogP contribution in [0.4, 0.5) is 11.5 Å². The summed E-state index contributed by atoms with van der Waals surface area (Å²) in [5, 5.41) is 6.18. The Morgan fingerprint density at radius 1 is 1.00 bits per heavy atom. The van der Waals surface area contributed by atoms with Gasteiger partial charge < -0.3 is 10.6 Å². The summed E-state index contributed by atoms with van der Waals surface area (Å²) in [4.78, 5) is 21.3. The average molecular weight is 374 g/mol. The van der Waals surface area contributed by atoms with Crippen molar-refractivity contribution in [3.8, 4) is 0 Å². The lowest BCUT2D eigenvalue weighted by molar-refractivity contribution is 0.102. The zero-order valence-electron chi connectivity index (χ0n) is 16.8. The molecular formula is C23H26N4O. The van der Waals surface area contributed by atoms with Crippen molar-refractivity contribution in [2.24, 2.45) is 0 Å². The maximum atomic E-state index is 12.6. The molecule has 0 aliphatic carbocycles. The molecule has 0 unspecified atom stereocenters. The first-order chi connectivity index (χ1) is 13.4. The van der Waals surface area contributed by atoms with Gasteiger partial charge in [0.25, 0.3) is 5.91 Å². The molecule has 2 N–H and O–H groups in total. The van der Waals surface area contributed by atoms with E-state index in [2.05, 4.69) is 59.6 Å². The molecular weight excluding hydrogens is 348 g/mol. The zero-order valence-corrected chi connectivity index (χ0v) is 16.8. The van der Waals surface area contributed by atoms with E-state index in [-0.39, 0.29) is 5.91 Å². The maximum Gasteiger partial charge on any atom is 0.274 e. The lowest BCUT2D eigenvalue weighted by Gasteiger charge is -2.10. The molecule has 2 aromatic carbocycles. The van der Waals surface area contributed by atoms with Crippen molar-refractivity contribution < 1.29 is 4.79 Å². The van der Waals surface area contributed by atoms with E-state index in [0.29, 0.717) is 29.8 Å². The summed E-state index contributed by atoms with van der Waals surface area (Å²) < 4.78 is 0. The molecule has 0 saturated carbocycles. The van der Waals surface area contributed by atoms with Gasteiger partial charge in [0.15, 0.2) is 0 Å². The SMILES string of the molecule is Cc1cccc(CNc2cc(C(=O)Nc3ccc(C(C)C)cc3)nc(C)n2)c1. The number of hydrogen-bond donors (Lipinski definition) is 2. The van der Waals surface area contributed by atoms with Crippen molar-refractivity contribution in [1.82, 2.24) is 9.97 Å². The van der Waals surface area contributed by atoms with E-state index in [1.54, 1.807) is 13.0 Å². The Bertz CT molecular complexity index is 965. The number of amides is 1. The van der Waals surface area contributed by atoms with Crippen molar-refractivity contribution in [1.29, 1.82) is 0 Å². The second-order valence-electron chi connectivity index (χ2n) is 7.26. The molecule has 0 aliphatic heterocycles. The third kappa shape index (κ3) is 5.16. The first kappa shape index (κ1) is 19.5. The Labute approximate surface area is 166 Å². The van der Waals surface area contributed by atoms with Crippen molar-refractivity contribution in [3.63, 3.8) is 0 Å². The van der Waals surface area contributed by atoms with Gasteiger partial charge in [0.2, 0.25) is 0 Å². The number of carbonyl (C=O) groups is 1. The molecule has 1 amide bonds. The smallest absolute Gasteiger partial charge is 0.274 e. The molecule has 5 nitrogen and oxygen atoms in total. The van der Waals surface area contributed by atoms with Crippen LogP contribution in [0, 0.1) is 13.8 Å². The van der Waals surface area contributed by atoms with E-state index in [4.69, 9.17) is 0 Å². The molecule has 3 aromatic rings. The minimum atomic E-state index is -0.249. The molecule has 3 rings (SSSR count). The molecule has 0 radical (unpaired) electrons. The van der Waals surface area contributed by atoms with Crippen LogP contribution >= 0.6 is 0 Å². The molecule has 28 heavy (non-hydrogen) atoms. The van der Waals surface area contributed by atoms with E-state index >= 15 is 0 Å². The van der Waals surface area contributed by atoms with Crippen LogP contribution in [0.15, 0.2) is 54.6 Å². The van der Waals surface area contributed by atoms with E-state index in [0.717, 1.165) is 11.3 Å². The number of nitrogens with one attached hydrogen (secondary N) is 2. The first-order valence-electron chi connectivity index (χ1n) is 9.47. The van der Waals surface area contributed by atoms with Crippen LogP contribution < -0.4 is 10.6 Å². The highest BCUT2D eigenvalue weighted by Crippen LogP contribution is 2.18. The fourth-order valence-electron chi connectivity index (χ4n) is 2.94. The number of hydrogen-bond acceptors (Lipinski definition) is 4. The molecule has 0 bridgehead atoms. The molecule has 0 spiro atoms. The predicted octanol–water partition coefficient (Wildman–Crippen LogP) is 5.08. The third-order valence-corrected chi connectivity index (χ3v) is 4.46. The number of nitrogens with zero attached hydrogens (tertiary/aromatic N) is 2. The van der Waals surface area contributed by atoms with Gasteiger partial charge in [0.1, 0.15) is 17.3 Å². The number of carbonyl (C=O) groups excluding carboxylic acids is 1. The molecule has 0 aliphatic rings. The van der Waals surface area contributed by atoms with Gasteiger partial charge in [-0.3, -0.25) is 4.79 Å². The molecule has 0 atom stereocenters. The summed E-state index contributed by atoms with van der Waals surface area (Å²) in [7, 11) is 0. The minimum Gasteiger partial charge on any atom is -0.366 e. The zero-order chi connectivity index (χ0) is 20.1. The van der Waals surface area contributed by atoms with Crippen molar-refractivity contribution in [2.45, 2.75) is 40.2 Å². The highest BCUT2D eigenvalue weighted by Gasteiger charge is 2.11. The van der Waals surface area contributed by atoms with Gasteiger partial charge in [-0.1, -0.05) is 55.8 Å². The van der Waals surface area contributed by atoms with Crippen LogP contribution in [0.25, 0.3) is 0 Å². The van der Waals surface area contributed by atoms with E-state index in [1.807, 2.05) is 30.3 Å². The number of aryl methyl sites for hydroxylation is 2. The summed E-state index contributed by atoms with van der Waals surface area (Å²) in [6.45, 7) is 8.77. The largest absolute Gasteiger partial charge is 0.366 e. The second kappa shape index (κ2) is 8.65. The second-order valence-corrected chi connectivity index (χ2v) is 7.26. The molecule has 0 saturated heterocycles. The van der Waals surface area contributed by atoms with Crippen molar-refractivity contribution in [2.75, 3.05) is 10.6 Å². The van der Waals surface area contributed by atoms with Crippen molar-refractivity contribution >= 4 is 17.4 Å². The van der Waals surface area contributed by atoms with Gasteiger partial charge in [0, 0.05) is 18.3 Å². The lowest BCUT2D eigenvalue weighted by Crippen LogP contribution is -2.16. The Morgan fingerprint density at radius 2 is 1.75 bits per heavy atom. The Hall–Kier alpha value is -3.21. The predicted molar refractivity (Wildman–Crippen MR) is 114 cm³/mol. The van der Waals surface area contributed by atoms with Gasteiger partial charge in [-0.25, -0.2) is 9.97 Å². The van der Waals surface area contributed by atoms with Gasteiger partial charge in [-0.05, 0) is 43.0 Å². The van der Waals surface area contributed by atoms with Crippen LogP contribution in [0.1, 0.15) is 52.8 Å². The number of anilines is 2. The first-order valence-corrected chi connectivity index (χ1v) is 9.47. The molecule has 5 heteroatoms. The highest BCUT2D eigenvalue weighted by molar-refractivity contribution is 6.03. The van der Waals surface area contributed by atoms with Gasteiger partial charge >= 0.3 is 0 Å².